The van der Waals surface area contributed by atoms with Crippen molar-refractivity contribution in [2.75, 3.05) is 27.0 Å². The predicted octanol–water partition coefficient (Wildman–Crippen LogP) is 3.21. The van der Waals surface area contributed by atoms with Crippen molar-refractivity contribution in [3.63, 3.8) is 0 Å². The second-order valence-corrected chi connectivity index (χ2v) is 7.25. The lowest BCUT2D eigenvalue weighted by Crippen LogP contribution is -2.41. The van der Waals surface area contributed by atoms with Gasteiger partial charge in [-0.25, -0.2) is 4.99 Å². The van der Waals surface area contributed by atoms with Gasteiger partial charge in [-0.05, 0) is 55.2 Å². The summed E-state index contributed by atoms with van der Waals surface area (Å²) in [6, 6.07) is 14.3. The number of rotatable bonds is 7. The van der Waals surface area contributed by atoms with Crippen LogP contribution in [-0.2, 0) is 12.0 Å². The minimum absolute atomic E-state index is 0.150. The number of nitrogens with zero attached hydrogens (tertiary/aromatic N) is 1. The summed E-state index contributed by atoms with van der Waals surface area (Å²) in [7, 11) is 1.67. The summed E-state index contributed by atoms with van der Waals surface area (Å²) in [4.78, 5) is 4.73. The molecule has 1 heterocycles. The first-order chi connectivity index (χ1) is 13.7. The van der Waals surface area contributed by atoms with Crippen molar-refractivity contribution in [2.24, 2.45) is 4.99 Å². The van der Waals surface area contributed by atoms with Crippen molar-refractivity contribution >= 4 is 5.96 Å². The summed E-state index contributed by atoms with van der Waals surface area (Å²) in [5.74, 6) is 3.38. The van der Waals surface area contributed by atoms with Crippen molar-refractivity contribution in [1.82, 2.24) is 10.6 Å². The summed E-state index contributed by atoms with van der Waals surface area (Å²) in [6.45, 7) is 4.69. The number of methoxy groups -OCH3 is 1. The van der Waals surface area contributed by atoms with Gasteiger partial charge in [0, 0.05) is 18.5 Å². The summed E-state index contributed by atoms with van der Waals surface area (Å²) in [5.41, 5.74) is 2.60. The molecule has 1 aliphatic heterocycles. The molecule has 2 aromatic rings. The maximum atomic E-state index is 5.54. The SMILES string of the molecule is CCNC(=NCc1ccc(OC)cc1)NCC1(c2ccc3c(c2)OCO3)CC1. The average Bonchev–Trinajstić information content (AvgIpc) is 3.38. The zero-order valence-corrected chi connectivity index (χ0v) is 16.5. The Morgan fingerprint density at radius 3 is 2.57 bits per heavy atom. The molecule has 28 heavy (non-hydrogen) atoms. The Balaban J connectivity index is 1.40. The van der Waals surface area contributed by atoms with Gasteiger partial charge in [-0.1, -0.05) is 18.2 Å². The fraction of sp³-hybridized carbons (Fsp3) is 0.409. The number of hydrogen-bond donors (Lipinski definition) is 2. The number of aliphatic imine (C=N–C) groups is 1. The first-order valence-corrected chi connectivity index (χ1v) is 9.78. The molecule has 1 aliphatic carbocycles. The quantitative estimate of drug-likeness (QED) is 0.570. The summed E-state index contributed by atoms with van der Waals surface area (Å²) in [6.07, 6.45) is 2.33. The van der Waals surface area contributed by atoms with E-state index in [9.17, 15) is 0 Å². The molecule has 0 unspecified atom stereocenters. The van der Waals surface area contributed by atoms with Gasteiger partial charge in [-0.15, -0.1) is 0 Å². The van der Waals surface area contributed by atoms with Gasteiger partial charge in [0.05, 0.1) is 13.7 Å². The van der Waals surface area contributed by atoms with E-state index in [0.29, 0.717) is 13.3 Å². The normalized spacial score (nSPS) is 16.6. The number of ether oxygens (including phenoxy) is 3. The van der Waals surface area contributed by atoms with E-state index in [1.807, 2.05) is 30.3 Å². The van der Waals surface area contributed by atoms with Crippen LogP contribution in [-0.4, -0.2) is 33.0 Å². The fourth-order valence-electron chi connectivity index (χ4n) is 3.44. The molecule has 6 nitrogen and oxygen atoms in total. The van der Waals surface area contributed by atoms with Crippen molar-refractivity contribution in [3.8, 4) is 17.2 Å². The summed E-state index contributed by atoms with van der Waals surface area (Å²) < 4.78 is 16.2. The summed E-state index contributed by atoms with van der Waals surface area (Å²) >= 11 is 0. The van der Waals surface area contributed by atoms with Crippen molar-refractivity contribution < 1.29 is 14.2 Å². The van der Waals surface area contributed by atoms with Gasteiger partial charge in [-0.3, -0.25) is 0 Å². The fourth-order valence-corrected chi connectivity index (χ4v) is 3.44. The van der Waals surface area contributed by atoms with Crippen molar-refractivity contribution in [1.29, 1.82) is 0 Å². The highest BCUT2D eigenvalue weighted by Gasteiger charge is 2.44. The van der Waals surface area contributed by atoms with Crippen LogP contribution in [0.1, 0.15) is 30.9 Å². The van der Waals surface area contributed by atoms with E-state index in [4.69, 9.17) is 19.2 Å². The van der Waals surface area contributed by atoms with Gasteiger partial charge in [-0.2, -0.15) is 0 Å². The van der Waals surface area contributed by atoms with Gasteiger partial charge in [0.25, 0.3) is 0 Å². The van der Waals surface area contributed by atoms with E-state index in [0.717, 1.165) is 54.7 Å². The average molecular weight is 381 g/mol. The highest BCUT2D eigenvalue weighted by Crippen LogP contribution is 2.49. The van der Waals surface area contributed by atoms with E-state index in [2.05, 4.69) is 29.7 Å². The molecule has 0 aromatic heterocycles. The number of fused-ring (bicyclic) bond motifs is 1. The zero-order chi connectivity index (χ0) is 19.4. The zero-order valence-electron chi connectivity index (χ0n) is 16.5. The van der Waals surface area contributed by atoms with Crippen molar-refractivity contribution in [2.45, 2.75) is 31.7 Å². The highest BCUT2D eigenvalue weighted by atomic mass is 16.7. The molecule has 1 fully saturated rings. The van der Waals surface area contributed by atoms with Crippen LogP contribution in [0.3, 0.4) is 0 Å². The van der Waals surface area contributed by atoms with Gasteiger partial charge >= 0.3 is 0 Å². The minimum atomic E-state index is 0.150. The third-order valence-corrected chi connectivity index (χ3v) is 5.36. The number of guanidine groups is 1. The van der Waals surface area contributed by atoms with Crippen LogP contribution in [0, 0.1) is 0 Å². The van der Waals surface area contributed by atoms with Gasteiger partial charge in [0.1, 0.15) is 5.75 Å². The topological polar surface area (TPSA) is 64.1 Å². The maximum Gasteiger partial charge on any atom is 0.231 e. The van der Waals surface area contributed by atoms with E-state index in [1.165, 1.54) is 5.56 Å². The molecule has 0 atom stereocenters. The Morgan fingerprint density at radius 1 is 1.07 bits per heavy atom. The number of benzene rings is 2. The Bertz CT molecular complexity index is 845. The molecule has 0 amide bonds. The Labute approximate surface area is 165 Å². The maximum absolute atomic E-state index is 5.54. The number of hydrogen-bond acceptors (Lipinski definition) is 4. The molecule has 6 heteroatoms. The molecule has 0 bridgehead atoms. The Kier molecular flexibility index (Phi) is 5.28. The van der Waals surface area contributed by atoms with Crippen LogP contribution in [0.5, 0.6) is 17.2 Å². The molecule has 0 saturated heterocycles. The molecular weight excluding hydrogens is 354 g/mol. The third-order valence-electron chi connectivity index (χ3n) is 5.36. The van der Waals surface area contributed by atoms with Crippen molar-refractivity contribution in [3.05, 3.63) is 53.6 Å². The van der Waals surface area contributed by atoms with Crippen LogP contribution in [0.15, 0.2) is 47.5 Å². The van der Waals surface area contributed by atoms with Crippen LogP contribution in [0.2, 0.25) is 0 Å². The van der Waals surface area contributed by atoms with E-state index >= 15 is 0 Å². The standard InChI is InChI=1S/C22H27N3O3/c1-3-23-21(24-13-16-4-7-18(26-2)8-5-16)25-14-22(10-11-22)17-6-9-19-20(12-17)28-15-27-19/h4-9,12H,3,10-11,13-15H2,1-2H3,(H2,23,24,25). The molecule has 0 radical (unpaired) electrons. The first-order valence-electron chi connectivity index (χ1n) is 9.78. The summed E-state index contributed by atoms with van der Waals surface area (Å²) in [5, 5.41) is 6.86. The van der Waals surface area contributed by atoms with Gasteiger partial charge < -0.3 is 24.8 Å². The van der Waals surface area contributed by atoms with Crippen LogP contribution in [0.4, 0.5) is 0 Å². The van der Waals surface area contributed by atoms with Gasteiger partial charge in [0.2, 0.25) is 6.79 Å². The molecule has 0 spiro atoms. The third kappa shape index (κ3) is 4.01. The lowest BCUT2D eigenvalue weighted by atomic mass is 9.95. The molecule has 1 saturated carbocycles. The largest absolute Gasteiger partial charge is 0.497 e. The molecule has 4 rings (SSSR count). The van der Waals surface area contributed by atoms with Crippen LogP contribution >= 0.6 is 0 Å². The smallest absolute Gasteiger partial charge is 0.231 e. The predicted molar refractivity (Wildman–Crippen MR) is 109 cm³/mol. The molecule has 2 aliphatic rings. The second kappa shape index (κ2) is 8.00. The molecular formula is C22H27N3O3. The lowest BCUT2D eigenvalue weighted by Gasteiger charge is -2.19. The molecule has 148 valence electrons. The monoisotopic (exact) mass is 381 g/mol. The second-order valence-electron chi connectivity index (χ2n) is 7.25. The number of nitrogens with one attached hydrogen (secondary N) is 2. The van der Waals surface area contributed by atoms with Gasteiger partial charge in [0.15, 0.2) is 17.5 Å². The van der Waals surface area contributed by atoms with E-state index in [1.54, 1.807) is 7.11 Å². The van der Waals surface area contributed by atoms with Crippen LogP contribution in [0.25, 0.3) is 0 Å². The lowest BCUT2D eigenvalue weighted by molar-refractivity contribution is 0.174. The Hall–Kier alpha value is -2.89. The Morgan fingerprint density at radius 2 is 1.86 bits per heavy atom. The first kappa shape index (κ1) is 18.5. The molecule has 2 aromatic carbocycles. The van der Waals surface area contributed by atoms with E-state index in [-0.39, 0.29) is 5.41 Å². The van der Waals surface area contributed by atoms with E-state index < -0.39 is 0 Å². The highest BCUT2D eigenvalue weighted by molar-refractivity contribution is 5.80. The minimum Gasteiger partial charge on any atom is -0.497 e. The van der Waals surface area contributed by atoms with Crippen LogP contribution < -0.4 is 24.8 Å². The molecule has 2 N–H and O–H groups in total.